The van der Waals surface area contributed by atoms with Crippen molar-refractivity contribution in [2.75, 3.05) is 6.61 Å². The Morgan fingerprint density at radius 3 is 2.47 bits per heavy atom. The lowest BCUT2D eigenvalue weighted by Crippen LogP contribution is -2.05. The van der Waals surface area contributed by atoms with Gasteiger partial charge in [0, 0.05) is 6.61 Å². The summed E-state index contributed by atoms with van der Waals surface area (Å²) in [6.07, 6.45) is 0.904. The van der Waals surface area contributed by atoms with Crippen LogP contribution in [-0.2, 0) is 6.42 Å². The maximum absolute atomic E-state index is 8.92. The number of hydrogen-bond acceptors (Lipinski definition) is 2. The third-order valence-corrected chi connectivity index (χ3v) is 2.65. The van der Waals surface area contributed by atoms with Crippen LogP contribution in [0.15, 0.2) is 36.4 Å². The fourth-order valence-corrected chi connectivity index (χ4v) is 1.90. The zero-order valence-electron chi connectivity index (χ0n) is 10.3. The average molecular weight is 230 g/mol. The molecule has 0 fully saturated rings. The second kappa shape index (κ2) is 5.19. The molecule has 0 unspecified atom stereocenters. The first-order valence-corrected chi connectivity index (χ1v) is 5.99. The molecular formula is C15H18O2. The standard InChI is InChI=1S/C15H18O2/c1-11(2)17-15-6-5-13-9-12(7-8-16)3-4-14(13)10-15/h3-6,9-11,16H,7-8H2,1-2H3. The molecule has 0 heterocycles. The molecular weight excluding hydrogens is 212 g/mol. The number of fused-ring (bicyclic) bond motifs is 1. The van der Waals surface area contributed by atoms with E-state index in [0.717, 1.165) is 11.3 Å². The molecule has 0 atom stereocenters. The molecule has 2 aromatic rings. The Bertz CT molecular complexity index is 503. The third-order valence-electron chi connectivity index (χ3n) is 2.65. The molecule has 0 aliphatic carbocycles. The highest BCUT2D eigenvalue weighted by Gasteiger charge is 2.01. The highest BCUT2D eigenvalue weighted by molar-refractivity contribution is 5.84. The van der Waals surface area contributed by atoms with Gasteiger partial charge in [0.2, 0.25) is 0 Å². The highest BCUT2D eigenvalue weighted by Crippen LogP contribution is 2.23. The van der Waals surface area contributed by atoms with Crippen LogP contribution in [0.2, 0.25) is 0 Å². The molecule has 0 aliphatic rings. The van der Waals surface area contributed by atoms with Gasteiger partial charge in [-0.25, -0.2) is 0 Å². The lowest BCUT2D eigenvalue weighted by atomic mass is 10.1. The summed E-state index contributed by atoms with van der Waals surface area (Å²) in [4.78, 5) is 0. The van der Waals surface area contributed by atoms with Gasteiger partial charge in [-0.2, -0.15) is 0 Å². The molecule has 2 heteroatoms. The van der Waals surface area contributed by atoms with E-state index >= 15 is 0 Å². The fraction of sp³-hybridized carbons (Fsp3) is 0.333. The topological polar surface area (TPSA) is 29.5 Å². The first-order chi connectivity index (χ1) is 8.19. The van der Waals surface area contributed by atoms with Gasteiger partial charge in [0.05, 0.1) is 6.10 Å². The van der Waals surface area contributed by atoms with Crippen molar-refractivity contribution in [3.63, 3.8) is 0 Å². The summed E-state index contributed by atoms with van der Waals surface area (Å²) in [6.45, 7) is 4.24. The fourth-order valence-electron chi connectivity index (χ4n) is 1.90. The van der Waals surface area contributed by atoms with Gasteiger partial charge in [0.1, 0.15) is 5.75 Å². The molecule has 0 saturated heterocycles. The van der Waals surface area contributed by atoms with Gasteiger partial charge in [-0.1, -0.05) is 24.3 Å². The molecule has 2 aromatic carbocycles. The van der Waals surface area contributed by atoms with Crippen molar-refractivity contribution in [2.45, 2.75) is 26.4 Å². The van der Waals surface area contributed by atoms with Crippen molar-refractivity contribution in [3.05, 3.63) is 42.0 Å². The van der Waals surface area contributed by atoms with Crippen LogP contribution in [-0.4, -0.2) is 17.8 Å². The minimum absolute atomic E-state index is 0.194. The van der Waals surface area contributed by atoms with Crippen molar-refractivity contribution >= 4 is 10.8 Å². The maximum Gasteiger partial charge on any atom is 0.120 e. The van der Waals surface area contributed by atoms with E-state index in [1.54, 1.807) is 0 Å². The van der Waals surface area contributed by atoms with Crippen LogP contribution in [0.3, 0.4) is 0 Å². The predicted octanol–water partition coefficient (Wildman–Crippen LogP) is 3.16. The van der Waals surface area contributed by atoms with Crippen LogP contribution in [0.25, 0.3) is 10.8 Å². The number of hydrogen-bond donors (Lipinski definition) is 1. The number of rotatable bonds is 4. The van der Waals surface area contributed by atoms with E-state index in [9.17, 15) is 0 Å². The Hall–Kier alpha value is -1.54. The van der Waals surface area contributed by atoms with Crippen molar-refractivity contribution in [1.29, 1.82) is 0 Å². The zero-order chi connectivity index (χ0) is 12.3. The minimum atomic E-state index is 0.194. The molecule has 2 nitrogen and oxygen atoms in total. The summed E-state index contributed by atoms with van der Waals surface area (Å²) in [5.41, 5.74) is 1.16. The quantitative estimate of drug-likeness (QED) is 0.874. The smallest absolute Gasteiger partial charge is 0.120 e. The van der Waals surface area contributed by atoms with Gasteiger partial charge in [-0.3, -0.25) is 0 Å². The molecule has 0 saturated carbocycles. The van der Waals surface area contributed by atoms with Crippen molar-refractivity contribution < 1.29 is 9.84 Å². The summed E-state index contributed by atoms with van der Waals surface area (Å²) in [5, 5.41) is 11.3. The molecule has 0 amide bonds. The van der Waals surface area contributed by atoms with Gasteiger partial charge >= 0.3 is 0 Å². The molecule has 1 N–H and O–H groups in total. The molecule has 0 bridgehead atoms. The number of aliphatic hydroxyl groups is 1. The number of benzene rings is 2. The van der Waals surface area contributed by atoms with E-state index in [4.69, 9.17) is 9.84 Å². The van der Waals surface area contributed by atoms with Gasteiger partial charge in [-0.15, -0.1) is 0 Å². The summed E-state index contributed by atoms with van der Waals surface area (Å²) < 4.78 is 5.66. The molecule has 2 rings (SSSR count). The lowest BCUT2D eigenvalue weighted by Gasteiger charge is -2.10. The first kappa shape index (κ1) is 11.9. The predicted molar refractivity (Wildman–Crippen MR) is 70.5 cm³/mol. The Kier molecular flexibility index (Phi) is 3.64. The highest BCUT2D eigenvalue weighted by atomic mass is 16.5. The summed E-state index contributed by atoms with van der Waals surface area (Å²) in [6, 6.07) is 12.4. The van der Waals surface area contributed by atoms with E-state index in [2.05, 4.69) is 30.3 Å². The van der Waals surface area contributed by atoms with E-state index in [-0.39, 0.29) is 12.7 Å². The van der Waals surface area contributed by atoms with Gasteiger partial charge in [0.15, 0.2) is 0 Å². The van der Waals surface area contributed by atoms with Crippen LogP contribution < -0.4 is 4.74 Å². The summed E-state index contributed by atoms with van der Waals surface area (Å²) in [7, 11) is 0. The number of aliphatic hydroxyl groups excluding tert-OH is 1. The van der Waals surface area contributed by atoms with Crippen molar-refractivity contribution in [1.82, 2.24) is 0 Å². The van der Waals surface area contributed by atoms with E-state index in [0.29, 0.717) is 6.42 Å². The third kappa shape index (κ3) is 2.98. The molecule has 90 valence electrons. The molecule has 0 aliphatic heterocycles. The Morgan fingerprint density at radius 2 is 1.76 bits per heavy atom. The van der Waals surface area contributed by atoms with Gasteiger partial charge in [0.25, 0.3) is 0 Å². The Balaban J connectivity index is 2.33. The first-order valence-electron chi connectivity index (χ1n) is 5.99. The second-order valence-electron chi connectivity index (χ2n) is 4.48. The Morgan fingerprint density at radius 1 is 1.06 bits per heavy atom. The normalized spacial score (nSPS) is 11.1. The van der Waals surface area contributed by atoms with Crippen LogP contribution in [0.1, 0.15) is 19.4 Å². The van der Waals surface area contributed by atoms with Gasteiger partial charge < -0.3 is 9.84 Å². The molecule has 17 heavy (non-hydrogen) atoms. The summed E-state index contributed by atoms with van der Waals surface area (Å²) >= 11 is 0. The zero-order valence-corrected chi connectivity index (χ0v) is 10.3. The van der Waals surface area contributed by atoms with E-state index < -0.39 is 0 Å². The van der Waals surface area contributed by atoms with Crippen molar-refractivity contribution in [3.8, 4) is 5.75 Å². The number of ether oxygens (including phenoxy) is 1. The Labute approximate surface area is 102 Å². The molecule has 0 radical (unpaired) electrons. The molecule has 0 spiro atoms. The monoisotopic (exact) mass is 230 g/mol. The average Bonchev–Trinajstić information content (AvgIpc) is 2.29. The van der Waals surface area contributed by atoms with Crippen LogP contribution in [0.5, 0.6) is 5.75 Å². The summed E-state index contributed by atoms with van der Waals surface area (Å²) in [5.74, 6) is 0.905. The largest absolute Gasteiger partial charge is 0.491 e. The lowest BCUT2D eigenvalue weighted by molar-refractivity contribution is 0.243. The second-order valence-corrected chi connectivity index (χ2v) is 4.48. The van der Waals surface area contributed by atoms with E-state index in [1.807, 2.05) is 19.9 Å². The SMILES string of the molecule is CC(C)Oc1ccc2cc(CCO)ccc2c1. The van der Waals surface area contributed by atoms with Crippen LogP contribution in [0.4, 0.5) is 0 Å². The van der Waals surface area contributed by atoms with Crippen LogP contribution in [0, 0.1) is 0 Å². The maximum atomic E-state index is 8.92. The van der Waals surface area contributed by atoms with Crippen LogP contribution >= 0.6 is 0 Å². The van der Waals surface area contributed by atoms with Crippen molar-refractivity contribution in [2.24, 2.45) is 0 Å². The minimum Gasteiger partial charge on any atom is -0.491 e. The van der Waals surface area contributed by atoms with Gasteiger partial charge in [-0.05, 0) is 48.7 Å². The van der Waals surface area contributed by atoms with E-state index in [1.165, 1.54) is 10.8 Å². The molecule has 0 aromatic heterocycles.